The Morgan fingerprint density at radius 3 is 2.58 bits per heavy atom. The van der Waals surface area contributed by atoms with Crippen molar-refractivity contribution in [3.8, 4) is 0 Å². The van der Waals surface area contributed by atoms with Crippen molar-refractivity contribution >= 4 is 21.9 Å². The van der Waals surface area contributed by atoms with Gasteiger partial charge in [0.2, 0.25) is 0 Å². The molecule has 0 bridgehead atoms. The zero-order valence-electron chi connectivity index (χ0n) is 11.4. The van der Waals surface area contributed by atoms with Crippen molar-refractivity contribution in [1.82, 2.24) is 4.90 Å². The third kappa shape index (κ3) is 3.80. The average molecular weight is 326 g/mol. The van der Waals surface area contributed by atoms with E-state index in [1.165, 1.54) is 12.8 Å². The smallest absolute Gasteiger partial charge is 0.335 e. The maximum absolute atomic E-state index is 11.0. The van der Waals surface area contributed by atoms with Gasteiger partial charge in [0.15, 0.2) is 0 Å². The third-order valence-corrected chi connectivity index (χ3v) is 4.67. The van der Waals surface area contributed by atoms with E-state index in [1.807, 2.05) is 6.07 Å². The standard InChI is InChI=1S/C15H20BrNO2/c1-15(2)5-7-17(8-6-15)10-12-9-11(14(18)19)3-4-13(12)16/h3-4,9H,5-8,10H2,1-2H3,(H,18,19). The number of likely N-dealkylation sites (tertiary alicyclic amines) is 1. The van der Waals surface area contributed by atoms with Crippen molar-refractivity contribution in [2.45, 2.75) is 33.2 Å². The predicted molar refractivity (Wildman–Crippen MR) is 79.4 cm³/mol. The Morgan fingerprint density at radius 2 is 2.00 bits per heavy atom. The van der Waals surface area contributed by atoms with Gasteiger partial charge in [-0.15, -0.1) is 0 Å². The van der Waals surface area contributed by atoms with Gasteiger partial charge in [0.05, 0.1) is 5.56 Å². The van der Waals surface area contributed by atoms with Crippen molar-refractivity contribution in [2.75, 3.05) is 13.1 Å². The van der Waals surface area contributed by atoms with Crippen molar-refractivity contribution in [2.24, 2.45) is 5.41 Å². The molecular formula is C15H20BrNO2. The Kier molecular flexibility index (Phi) is 4.31. The van der Waals surface area contributed by atoms with Gasteiger partial charge in [0, 0.05) is 11.0 Å². The minimum absolute atomic E-state index is 0.357. The number of carboxylic acids is 1. The zero-order valence-corrected chi connectivity index (χ0v) is 13.0. The van der Waals surface area contributed by atoms with Crippen LogP contribution in [0.1, 0.15) is 42.6 Å². The molecule has 1 saturated heterocycles. The van der Waals surface area contributed by atoms with Crippen LogP contribution in [0.25, 0.3) is 0 Å². The van der Waals surface area contributed by atoms with Crippen LogP contribution in [-0.4, -0.2) is 29.1 Å². The van der Waals surface area contributed by atoms with Crippen LogP contribution in [0.5, 0.6) is 0 Å². The van der Waals surface area contributed by atoms with Gasteiger partial charge in [-0.25, -0.2) is 4.79 Å². The summed E-state index contributed by atoms with van der Waals surface area (Å²) in [5.41, 5.74) is 1.85. The number of piperidine rings is 1. The Labute approximate surface area is 122 Å². The van der Waals surface area contributed by atoms with E-state index >= 15 is 0 Å². The fourth-order valence-electron chi connectivity index (χ4n) is 2.39. The summed E-state index contributed by atoms with van der Waals surface area (Å²) in [6.45, 7) is 7.60. The van der Waals surface area contributed by atoms with Crippen molar-refractivity contribution in [3.05, 3.63) is 33.8 Å². The number of halogens is 1. The second-order valence-corrected chi connectivity index (χ2v) is 6.91. The summed E-state index contributed by atoms with van der Waals surface area (Å²) in [6, 6.07) is 5.23. The van der Waals surface area contributed by atoms with E-state index in [-0.39, 0.29) is 0 Å². The molecule has 1 aromatic carbocycles. The largest absolute Gasteiger partial charge is 0.478 e. The molecule has 1 aliphatic heterocycles. The highest BCUT2D eigenvalue weighted by atomic mass is 79.9. The summed E-state index contributed by atoms with van der Waals surface area (Å²) in [6.07, 6.45) is 2.40. The molecular weight excluding hydrogens is 306 g/mol. The highest BCUT2D eigenvalue weighted by molar-refractivity contribution is 9.10. The summed E-state index contributed by atoms with van der Waals surface area (Å²) in [5.74, 6) is -0.867. The molecule has 1 aromatic rings. The first-order valence-corrected chi connectivity index (χ1v) is 7.41. The van der Waals surface area contributed by atoms with E-state index < -0.39 is 5.97 Å². The predicted octanol–water partition coefficient (Wildman–Crippen LogP) is 3.77. The van der Waals surface area contributed by atoms with E-state index in [9.17, 15) is 4.79 Å². The van der Waals surface area contributed by atoms with Crippen LogP contribution in [0.3, 0.4) is 0 Å². The van der Waals surface area contributed by atoms with Crippen LogP contribution >= 0.6 is 15.9 Å². The highest BCUT2D eigenvalue weighted by Crippen LogP contribution is 2.31. The van der Waals surface area contributed by atoms with Gasteiger partial charge < -0.3 is 5.11 Å². The Hall–Kier alpha value is -0.870. The molecule has 19 heavy (non-hydrogen) atoms. The minimum Gasteiger partial charge on any atom is -0.478 e. The zero-order chi connectivity index (χ0) is 14.0. The Balaban J connectivity index is 2.07. The first kappa shape index (κ1) is 14.5. The first-order valence-electron chi connectivity index (χ1n) is 6.61. The topological polar surface area (TPSA) is 40.5 Å². The van der Waals surface area contributed by atoms with Crippen LogP contribution < -0.4 is 0 Å². The lowest BCUT2D eigenvalue weighted by molar-refractivity contribution is 0.0696. The summed E-state index contributed by atoms with van der Waals surface area (Å²) >= 11 is 3.51. The Morgan fingerprint density at radius 1 is 1.37 bits per heavy atom. The van der Waals surface area contributed by atoms with Crippen molar-refractivity contribution < 1.29 is 9.90 Å². The SMILES string of the molecule is CC1(C)CCN(Cc2cc(C(=O)O)ccc2Br)CC1. The van der Waals surface area contributed by atoms with Crippen LogP contribution in [-0.2, 0) is 6.54 Å². The Bertz CT molecular complexity index is 475. The maximum atomic E-state index is 11.0. The van der Waals surface area contributed by atoms with Gasteiger partial charge in [-0.1, -0.05) is 29.8 Å². The molecule has 0 aliphatic carbocycles. The molecule has 0 atom stereocenters. The summed E-state index contributed by atoms with van der Waals surface area (Å²) in [4.78, 5) is 13.4. The highest BCUT2D eigenvalue weighted by Gasteiger charge is 2.25. The third-order valence-electron chi connectivity index (χ3n) is 3.90. The summed E-state index contributed by atoms with van der Waals surface area (Å²) < 4.78 is 0.988. The molecule has 0 amide bonds. The number of rotatable bonds is 3. The second kappa shape index (κ2) is 5.63. The lowest BCUT2D eigenvalue weighted by Gasteiger charge is -2.37. The maximum Gasteiger partial charge on any atom is 0.335 e. The molecule has 0 unspecified atom stereocenters. The molecule has 4 heteroatoms. The van der Waals surface area contributed by atoms with Crippen LogP contribution in [0, 0.1) is 5.41 Å². The molecule has 1 fully saturated rings. The number of hydrogen-bond acceptors (Lipinski definition) is 2. The number of carboxylic acid groups (broad SMARTS) is 1. The van der Waals surface area contributed by atoms with E-state index in [0.717, 1.165) is 29.7 Å². The molecule has 0 saturated carbocycles. The number of nitrogens with zero attached hydrogens (tertiary/aromatic N) is 1. The van der Waals surface area contributed by atoms with Gasteiger partial charge in [-0.05, 0) is 55.1 Å². The van der Waals surface area contributed by atoms with E-state index in [1.54, 1.807) is 12.1 Å². The van der Waals surface area contributed by atoms with E-state index in [0.29, 0.717) is 11.0 Å². The van der Waals surface area contributed by atoms with E-state index in [2.05, 4.69) is 34.7 Å². The lowest BCUT2D eigenvalue weighted by atomic mass is 9.82. The molecule has 2 rings (SSSR count). The van der Waals surface area contributed by atoms with Crippen LogP contribution in [0.4, 0.5) is 0 Å². The molecule has 1 heterocycles. The second-order valence-electron chi connectivity index (χ2n) is 6.05. The average Bonchev–Trinajstić information content (AvgIpc) is 2.34. The van der Waals surface area contributed by atoms with Gasteiger partial charge in [-0.3, -0.25) is 4.90 Å². The van der Waals surface area contributed by atoms with Gasteiger partial charge >= 0.3 is 5.97 Å². The van der Waals surface area contributed by atoms with Crippen LogP contribution in [0.15, 0.2) is 22.7 Å². The number of benzene rings is 1. The summed E-state index contributed by atoms with van der Waals surface area (Å²) in [5, 5.41) is 9.05. The lowest BCUT2D eigenvalue weighted by Crippen LogP contribution is -2.36. The van der Waals surface area contributed by atoms with Gasteiger partial charge in [0.1, 0.15) is 0 Å². The molecule has 1 N–H and O–H groups in total. The van der Waals surface area contributed by atoms with Gasteiger partial charge in [-0.2, -0.15) is 0 Å². The van der Waals surface area contributed by atoms with Crippen molar-refractivity contribution in [3.63, 3.8) is 0 Å². The molecule has 0 radical (unpaired) electrons. The van der Waals surface area contributed by atoms with Crippen LogP contribution in [0.2, 0.25) is 0 Å². The number of hydrogen-bond donors (Lipinski definition) is 1. The number of carbonyl (C=O) groups is 1. The van der Waals surface area contributed by atoms with E-state index in [4.69, 9.17) is 5.11 Å². The quantitative estimate of drug-likeness (QED) is 0.919. The van der Waals surface area contributed by atoms with Crippen molar-refractivity contribution in [1.29, 1.82) is 0 Å². The van der Waals surface area contributed by atoms with Gasteiger partial charge in [0.25, 0.3) is 0 Å². The molecule has 1 aliphatic rings. The first-order chi connectivity index (χ1) is 8.87. The summed E-state index contributed by atoms with van der Waals surface area (Å²) in [7, 11) is 0. The normalized spacial score (nSPS) is 19.3. The molecule has 104 valence electrons. The monoisotopic (exact) mass is 325 g/mol. The minimum atomic E-state index is -0.867. The molecule has 3 nitrogen and oxygen atoms in total. The fourth-order valence-corrected chi connectivity index (χ4v) is 2.76. The number of aromatic carboxylic acids is 1. The molecule has 0 aromatic heterocycles. The molecule has 0 spiro atoms. The fraction of sp³-hybridized carbons (Fsp3) is 0.533.